The zero-order valence-corrected chi connectivity index (χ0v) is 16.4. The molecule has 0 atom stereocenters. The smallest absolute Gasteiger partial charge is 0.741 e. The van der Waals surface area contributed by atoms with Gasteiger partial charge in [0.15, 0.2) is 0 Å². The number of rotatable bonds is 9. The summed E-state index contributed by atoms with van der Waals surface area (Å²) in [6, 6.07) is 0. The second-order valence-electron chi connectivity index (χ2n) is 4.56. The van der Waals surface area contributed by atoms with Gasteiger partial charge in [0.05, 0.1) is 11.4 Å². The molecule has 0 aliphatic rings. The maximum atomic E-state index is 10.4. The maximum absolute atomic E-state index is 10.4. The number of amidine groups is 2. The van der Waals surface area contributed by atoms with Crippen LogP contribution in [0.15, 0.2) is 20.4 Å². The molecule has 0 saturated heterocycles. The maximum Gasteiger partial charge on any atom is 2.00 e. The first-order valence-corrected chi connectivity index (χ1v) is 7.90. The minimum absolute atomic E-state index is 0. The third-order valence-corrected chi connectivity index (χ3v) is 3.17. The van der Waals surface area contributed by atoms with Crippen molar-refractivity contribution in [2.75, 3.05) is 13.6 Å². The summed E-state index contributed by atoms with van der Waals surface area (Å²) in [6.45, 7) is 4.12. The van der Waals surface area contributed by atoms with Crippen LogP contribution in [0, 0.1) is 0 Å². The number of carboxylic acid groups (broad SMARTS) is 1. The van der Waals surface area contributed by atoms with Gasteiger partial charge in [0.25, 0.3) is 0 Å². The van der Waals surface area contributed by atoms with E-state index in [-0.39, 0.29) is 33.8 Å². The number of hydrogen-bond donors (Lipinski definition) is 3. The predicted molar refractivity (Wildman–Crippen MR) is 99.0 cm³/mol. The van der Waals surface area contributed by atoms with Gasteiger partial charge in [0.1, 0.15) is 0 Å². The van der Waals surface area contributed by atoms with E-state index < -0.39 is 5.97 Å². The number of nitrogens with zero attached hydrogens (tertiary/aromatic N) is 4. The number of carboxylic acids is 1. The Morgan fingerprint density at radius 3 is 2.00 bits per heavy atom. The van der Waals surface area contributed by atoms with Gasteiger partial charge in [-0.1, -0.05) is 6.42 Å². The summed E-state index contributed by atoms with van der Waals surface area (Å²) in [6.07, 6.45) is 2.50. The van der Waals surface area contributed by atoms with Gasteiger partial charge < -0.3 is 41.0 Å². The van der Waals surface area contributed by atoms with E-state index >= 15 is 0 Å². The van der Waals surface area contributed by atoms with Crippen molar-refractivity contribution in [3.05, 3.63) is 0 Å². The van der Waals surface area contributed by atoms with Crippen LogP contribution in [0.2, 0.25) is 0 Å². The standard InChI is InChI=1S/C13H24N6O2S2.Cu/c1-9(16-18-12(22)14-3)10(2)17-19-13(23)15-8-6-4-5-7-11(20)21;/h4-8H2,1-3H3,(H,20,21)(H2,14,18,22)(H2,15,19,23);/q;+2/p-2. The van der Waals surface area contributed by atoms with Crippen molar-refractivity contribution >= 4 is 53.0 Å². The van der Waals surface area contributed by atoms with E-state index in [4.69, 9.17) is 30.4 Å². The monoisotopic (exact) mass is 421 g/mol. The molecular formula is C13H22CuN6O2S2. The third kappa shape index (κ3) is 14.3. The van der Waals surface area contributed by atoms with Gasteiger partial charge in [-0.25, -0.2) is 0 Å². The third-order valence-electron chi connectivity index (χ3n) is 2.66. The molecule has 0 heterocycles. The second kappa shape index (κ2) is 15.2. The molecule has 0 aliphatic heterocycles. The van der Waals surface area contributed by atoms with Gasteiger partial charge in [0, 0.05) is 20.0 Å². The molecule has 0 amide bonds. The molecule has 0 aromatic heterocycles. The fourth-order valence-electron chi connectivity index (χ4n) is 1.24. The van der Waals surface area contributed by atoms with Crippen molar-refractivity contribution in [2.24, 2.45) is 20.4 Å². The SMILES string of the molecule is CNC([S-])=NN=C(C)C(C)=NN=C([S-])NCCCCCC(=O)O.[Cu+2]. The fourth-order valence-corrected chi connectivity index (χ4v) is 1.43. The fraction of sp³-hybridized carbons (Fsp3) is 0.615. The van der Waals surface area contributed by atoms with Gasteiger partial charge >= 0.3 is 23.0 Å². The average molecular weight is 422 g/mol. The van der Waals surface area contributed by atoms with Gasteiger partial charge in [0.2, 0.25) is 0 Å². The van der Waals surface area contributed by atoms with Crippen LogP contribution in [-0.2, 0) is 47.1 Å². The van der Waals surface area contributed by atoms with Crippen molar-refractivity contribution in [1.29, 1.82) is 0 Å². The van der Waals surface area contributed by atoms with Crippen LogP contribution < -0.4 is 10.6 Å². The van der Waals surface area contributed by atoms with E-state index in [0.29, 0.717) is 24.4 Å². The Labute approximate surface area is 164 Å². The molecule has 0 rings (SSSR count). The molecule has 139 valence electrons. The molecule has 0 aromatic carbocycles. The molecule has 0 saturated carbocycles. The molecule has 24 heavy (non-hydrogen) atoms. The summed E-state index contributed by atoms with van der Waals surface area (Å²) < 4.78 is 0. The topological polar surface area (TPSA) is 111 Å². The van der Waals surface area contributed by atoms with E-state index in [2.05, 4.69) is 31.0 Å². The first kappa shape index (κ1) is 25.0. The van der Waals surface area contributed by atoms with Crippen LogP contribution in [-0.4, -0.2) is 46.4 Å². The first-order chi connectivity index (χ1) is 10.9. The molecule has 0 spiro atoms. The van der Waals surface area contributed by atoms with E-state index in [1.165, 1.54) is 0 Å². The molecule has 0 aromatic rings. The van der Waals surface area contributed by atoms with Crippen LogP contribution >= 0.6 is 0 Å². The van der Waals surface area contributed by atoms with Gasteiger partial charge in [-0.3, -0.25) is 4.79 Å². The Kier molecular flexibility index (Phi) is 15.9. The van der Waals surface area contributed by atoms with E-state index in [1.807, 2.05) is 0 Å². The van der Waals surface area contributed by atoms with Crippen molar-refractivity contribution in [2.45, 2.75) is 39.5 Å². The number of nitrogens with one attached hydrogen (secondary N) is 2. The zero-order valence-electron chi connectivity index (χ0n) is 13.8. The Morgan fingerprint density at radius 2 is 1.50 bits per heavy atom. The number of hydrogen-bond acceptors (Lipinski definition) is 7. The van der Waals surface area contributed by atoms with Crippen LogP contribution in [0.25, 0.3) is 0 Å². The summed E-state index contributed by atoms with van der Waals surface area (Å²) in [5.74, 6) is -0.771. The van der Waals surface area contributed by atoms with E-state index in [9.17, 15) is 4.79 Å². The number of aliphatic carboxylic acids is 1. The Hall–Kier alpha value is -1.29. The molecule has 0 aliphatic carbocycles. The van der Waals surface area contributed by atoms with Crippen molar-refractivity contribution in [3.8, 4) is 0 Å². The number of carbonyl (C=O) groups is 1. The van der Waals surface area contributed by atoms with Crippen LogP contribution in [0.5, 0.6) is 0 Å². The van der Waals surface area contributed by atoms with Crippen LogP contribution in [0.3, 0.4) is 0 Å². The molecule has 0 fully saturated rings. The van der Waals surface area contributed by atoms with Crippen LogP contribution in [0.1, 0.15) is 39.5 Å². The summed E-state index contributed by atoms with van der Waals surface area (Å²) >= 11 is 9.88. The molecule has 0 bridgehead atoms. The molecule has 0 unspecified atom stereocenters. The zero-order chi connectivity index (χ0) is 17.7. The molecular weight excluding hydrogens is 400 g/mol. The summed E-state index contributed by atoms with van der Waals surface area (Å²) in [5.41, 5.74) is 1.17. The van der Waals surface area contributed by atoms with Crippen molar-refractivity contribution < 1.29 is 27.0 Å². The van der Waals surface area contributed by atoms with E-state index in [1.54, 1.807) is 20.9 Å². The average Bonchev–Trinajstić information content (AvgIpc) is 2.52. The Balaban J connectivity index is 0. The van der Waals surface area contributed by atoms with Crippen molar-refractivity contribution in [3.63, 3.8) is 0 Å². The second-order valence-corrected chi connectivity index (χ2v) is 5.34. The normalized spacial score (nSPS) is 13.3. The summed E-state index contributed by atoms with van der Waals surface area (Å²) in [7, 11) is 1.67. The largest absolute Gasteiger partial charge is 2.00 e. The van der Waals surface area contributed by atoms with Crippen LogP contribution in [0.4, 0.5) is 0 Å². The molecule has 3 N–H and O–H groups in total. The van der Waals surface area contributed by atoms with Gasteiger partial charge in [-0.2, -0.15) is 20.4 Å². The van der Waals surface area contributed by atoms with E-state index in [0.717, 1.165) is 12.8 Å². The Morgan fingerprint density at radius 1 is 0.958 bits per heavy atom. The first-order valence-electron chi connectivity index (χ1n) is 7.09. The molecule has 1 radical (unpaired) electrons. The van der Waals surface area contributed by atoms with Crippen molar-refractivity contribution in [1.82, 2.24) is 10.6 Å². The Bertz CT molecular complexity index is 509. The van der Waals surface area contributed by atoms with Gasteiger partial charge in [-0.15, -0.1) is 0 Å². The van der Waals surface area contributed by atoms with Gasteiger partial charge in [-0.05, 0) is 37.0 Å². The minimum Gasteiger partial charge on any atom is -0.741 e. The minimum atomic E-state index is -0.771. The predicted octanol–water partition coefficient (Wildman–Crippen LogP) is 0.995. The summed E-state index contributed by atoms with van der Waals surface area (Å²) in [5, 5.41) is 30.3. The molecule has 8 nitrogen and oxygen atoms in total. The molecule has 11 heteroatoms. The quantitative estimate of drug-likeness (QED) is 0.128. The number of unbranched alkanes of at least 4 members (excludes halogenated alkanes) is 2. The summed E-state index contributed by atoms with van der Waals surface area (Å²) in [4.78, 5) is 10.4.